The summed E-state index contributed by atoms with van der Waals surface area (Å²) in [7, 11) is 0. The van der Waals surface area contributed by atoms with Gasteiger partial charge in [-0.3, -0.25) is 0 Å². The molecule has 0 aliphatic heterocycles. The maximum atomic E-state index is 6.10. The van der Waals surface area contributed by atoms with Crippen molar-refractivity contribution in [3.8, 4) is 5.75 Å². The van der Waals surface area contributed by atoms with Crippen molar-refractivity contribution >= 4 is 0 Å². The summed E-state index contributed by atoms with van der Waals surface area (Å²) in [6.45, 7) is 8.12. The summed E-state index contributed by atoms with van der Waals surface area (Å²) in [5.74, 6) is 0.984. The first-order valence-corrected chi connectivity index (χ1v) is 8.19. The third kappa shape index (κ3) is 4.60. The molecule has 1 atom stereocenters. The molecule has 118 valence electrons. The van der Waals surface area contributed by atoms with Crippen LogP contribution in [0.25, 0.3) is 0 Å². The Morgan fingerprint density at radius 2 is 1.77 bits per heavy atom. The minimum atomic E-state index is 0.229. The highest BCUT2D eigenvalue weighted by Crippen LogP contribution is 2.22. The number of unbranched alkanes of at least 4 members (excludes halogenated alkanes) is 1. The van der Waals surface area contributed by atoms with Gasteiger partial charge >= 0.3 is 0 Å². The van der Waals surface area contributed by atoms with Crippen LogP contribution in [-0.4, -0.2) is 13.2 Å². The van der Waals surface area contributed by atoms with Gasteiger partial charge in [0, 0.05) is 0 Å². The number of nitrogens with one attached hydrogen (secondary N) is 1. The summed E-state index contributed by atoms with van der Waals surface area (Å²) in [5.41, 5.74) is 3.78. The Balaban J connectivity index is 2.04. The monoisotopic (exact) mass is 297 g/mol. The van der Waals surface area contributed by atoms with E-state index in [1.807, 2.05) is 0 Å². The second-order valence-corrected chi connectivity index (χ2v) is 5.78. The Morgan fingerprint density at radius 1 is 1.00 bits per heavy atom. The van der Waals surface area contributed by atoms with Gasteiger partial charge in [-0.2, -0.15) is 0 Å². The van der Waals surface area contributed by atoms with Crippen molar-refractivity contribution in [1.82, 2.24) is 5.32 Å². The van der Waals surface area contributed by atoms with E-state index in [1.165, 1.54) is 29.5 Å². The minimum Gasteiger partial charge on any atom is -0.491 e. The van der Waals surface area contributed by atoms with Crippen LogP contribution in [0.1, 0.15) is 42.5 Å². The average molecular weight is 297 g/mol. The summed E-state index contributed by atoms with van der Waals surface area (Å²) < 4.78 is 6.10. The fourth-order valence-corrected chi connectivity index (χ4v) is 2.47. The van der Waals surface area contributed by atoms with Crippen molar-refractivity contribution in [3.05, 3.63) is 65.2 Å². The Hall–Kier alpha value is -1.80. The van der Waals surface area contributed by atoms with Gasteiger partial charge in [-0.05, 0) is 49.6 Å². The number of rotatable bonds is 8. The van der Waals surface area contributed by atoms with Crippen LogP contribution in [0, 0.1) is 13.8 Å². The second-order valence-electron chi connectivity index (χ2n) is 5.78. The molecule has 0 radical (unpaired) electrons. The minimum absolute atomic E-state index is 0.229. The highest BCUT2D eigenvalue weighted by Gasteiger charge is 2.12. The van der Waals surface area contributed by atoms with Crippen LogP contribution in [0.4, 0.5) is 0 Å². The first-order valence-electron chi connectivity index (χ1n) is 8.19. The average Bonchev–Trinajstić information content (AvgIpc) is 2.55. The molecule has 2 heteroatoms. The molecular weight excluding hydrogens is 270 g/mol. The Morgan fingerprint density at radius 3 is 2.50 bits per heavy atom. The van der Waals surface area contributed by atoms with E-state index in [-0.39, 0.29) is 6.04 Å². The van der Waals surface area contributed by atoms with Crippen LogP contribution in [0.5, 0.6) is 5.75 Å². The van der Waals surface area contributed by atoms with E-state index in [9.17, 15) is 0 Å². The SMILES string of the molecule is CCCCNC(COc1cccc(C)c1C)c1ccccc1. The van der Waals surface area contributed by atoms with Crippen LogP contribution >= 0.6 is 0 Å². The van der Waals surface area contributed by atoms with E-state index in [1.54, 1.807) is 0 Å². The van der Waals surface area contributed by atoms with Crippen LogP contribution in [0.15, 0.2) is 48.5 Å². The highest BCUT2D eigenvalue weighted by atomic mass is 16.5. The lowest BCUT2D eigenvalue weighted by atomic mass is 10.1. The normalized spacial score (nSPS) is 12.1. The lowest BCUT2D eigenvalue weighted by molar-refractivity contribution is 0.264. The predicted octanol–water partition coefficient (Wildman–Crippen LogP) is 4.81. The van der Waals surface area contributed by atoms with Crippen molar-refractivity contribution in [2.75, 3.05) is 13.2 Å². The summed E-state index contributed by atoms with van der Waals surface area (Å²) in [5, 5.41) is 3.62. The lowest BCUT2D eigenvalue weighted by Crippen LogP contribution is -2.27. The molecule has 2 rings (SSSR count). The molecule has 0 aromatic heterocycles. The highest BCUT2D eigenvalue weighted by molar-refractivity contribution is 5.38. The summed E-state index contributed by atoms with van der Waals surface area (Å²) in [6.07, 6.45) is 2.39. The van der Waals surface area contributed by atoms with Gasteiger partial charge in [-0.15, -0.1) is 0 Å². The first-order chi connectivity index (χ1) is 10.7. The first kappa shape index (κ1) is 16.6. The van der Waals surface area contributed by atoms with Crippen molar-refractivity contribution in [2.45, 2.75) is 39.7 Å². The molecule has 0 bridgehead atoms. The zero-order chi connectivity index (χ0) is 15.8. The van der Waals surface area contributed by atoms with Gasteiger partial charge < -0.3 is 10.1 Å². The van der Waals surface area contributed by atoms with Crippen LogP contribution in [0.2, 0.25) is 0 Å². The number of hydrogen-bond donors (Lipinski definition) is 1. The van der Waals surface area contributed by atoms with Crippen LogP contribution < -0.4 is 10.1 Å². The van der Waals surface area contributed by atoms with E-state index in [0.29, 0.717) is 6.61 Å². The molecule has 2 aromatic rings. The summed E-state index contributed by atoms with van der Waals surface area (Å²) in [6, 6.07) is 17.0. The molecule has 0 heterocycles. The van der Waals surface area contributed by atoms with Crippen molar-refractivity contribution < 1.29 is 4.74 Å². The smallest absolute Gasteiger partial charge is 0.122 e. The number of ether oxygens (including phenoxy) is 1. The van der Waals surface area contributed by atoms with E-state index >= 15 is 0 Å². The largest absolute Gasteiger partial charge is 0.491 e. The maximum Gasteiger partial charge on any atom is 0.122 e. The molecule has 0 fully saturated rings. The molecule has 0 aliphatic carbocycles. The quantitative estimate of drug-likeness (QED) is 0.706. The molecule has 2 nitrogen and oxygen atoms in total. The molecule has 1 N–H and O–H groups in total. The number of benzene rings is 2. The topological polar surface area (TPSA) is 21.3 Å². The molecule has 1 unspecified atom stereocenters. The zero-order valence-electron chi connectivity index (χ0n) is 13.9. The second kappa shape index (κ2) is 8.60. The van der Waals surface area contributed by atoms with Crippen molar-refractivity contribution in [2.24, 2.45) is 0 Å². The van der Waals surface area contributed by atoms with Gasteiger partial charge in [0.1, 0.15) is 12.4 Å². The van der Waals surface area contributed by atoms with Gasteiger partial charge in [0.05, 0.1) is 6.04 Å². The molecule has 0 aliphatic rings. The van der Waals surface area contributed by atoms with Gasteiger partial charge in [0.2, 0.25) is 0 Å². The third-order valence-corrected chi connectivity index (χ3v) is 4.08. The Kier molecular flexibility index (Phi) is 6.47. The molecule has 0 saturated heterocycles. The maximum absolute atomic E-state index is 6.10. The lowest BCUT2D eigenvalue weighted by Gasteiger charge is -2.21. The Bertz CT molecular complexity index is 565. The van der Waals surface area contributed by atoms with E-state index in [2.05, 4.69) is 74.6 Å². The van der Waals surface area contributed by atoms with Gasteiger partial charge in [-0.1, -0.05) is 55.8 Å². The predicted molar refractivity (Wildman–Crippen MR) is 93.5 cm³/mol. The van der Waals surface area contributed by atoms with E-state index in [0.717, 1.165) is 12.3 Å². The zero-order valence-corrected chi connectivity index (χ0v) is 13.9. The van der Waals surface area contributed by atoms with Crippen molar-refractivity contribution in [1.29, 1.82) is 0 Å². The molecule has 0 saturated carbocycles. The van der Waals surface area contributed by atoms with E-state index < -0.39 is 0 Å². The molecule has 22 heavy (non-hydrogen) atoms. The summed E-state index contributed by atoms with van der Waals surface area (Å²) >= 11 is 0. The molecular formula is C20H27NO. The molecule has 0 spiro atoms. The van der Waals surface area contributed by atoms with Crippen LogP contribution in [-0.2, 0) is 0 Å². The number of aryl methyl sites for hydroxylation is 1. The standard InChI is InChI=1S/C20H27NO/c1-4-5-14-21-19(18-11-7-6-8-12-18)15-22-20-13-9-10-16(2)17(20)3/h6-13,19,21H,4-5,14-15H2,1-3H3. The number of hydrogen-bond acceptors (Lipinski definition) is 2. The fourth-order valence-electron chi connectivity index (χ4n) is 2.47. The summed E-state index contributed by atoms with van der Waals surface area (Å²) in [4.78, 5) is 0. The molecule has 2 aromatic carbocycles. The van der Waals surface area contributed by atoms with Gasteiger partial charge in [-0.25, -0.2) is 0 Å². The van der Waals surface area contributed by atoms with Gasteiger partial charge in [0.25, 0.3) is 0 Å². The van der Waals surface area contributed by atoms with Crippen molar-refractivity contribution in [3.63, 3.8) is 0 Å². The Labute approximate surface area is 134 Å². The van der Waals surface area contributed by atoms with Crippen LogP contribution in [0.3, 0.4) is 0 Å². The molecule has 0 amide bonds. The fraction of sp³-hybridized carbons (Fsp3) is 0.400. The third-order valence-electron chi connectivity index (χ3n) is 4.08. The van der Waals surface area contributed by atoms with E-state index in [4.69, 9.17) is 4.74 Å². The van der Waals surface area contributed by atoms with Gasteiger partial charge in [0.15, 0.2) is 0 Å².